The van der Waals surface area contributed by atoms with Gasteiger partial charge in [0, 0.05) is 28.8 Å². The molecule has 1 aliphatic heterocycles. The van der Waals surface area contributed by atoms with Crippen LogP contribution in [0.25, 0.3) is 0 Å². The minimum atomic E-state index is -1.16. The summed E-state index contributed by atoms with van der Waals surface area (Å²) in [5.74, 6) is 0.659. The molecule has 1 saturated heterocycles. The number of hydrogen-bond acceptors (Lipinski definition) is 4. The third kappa shape index (κ3) is 4.19. The first-order valence-corrected chi connectivity index (χ1v) is 9.99. The lowest BCUT2D eigenvalue weighted by molar-refractivity contribution is 0.249. The highest BCUT2D eigenvalue weighted by molar-refractivity contribution is 7.85. The molecule has 0 saturated carbocycles. The fourth-order valence-corrected chi connectivity index (χ4v) is 5.52. The molecule has 1 aliphatic rings. The maximum Gasteiger partial charge on any atom is 0.332 e. The number of hydrogen-bond donors (Lipinski definition) is 2. The zero-order valence-corrected chi connectivity index (χ0v) is 16.1. The van der Waals surface area contributed by atoms with Gasteiger partial charge in [-0.25, -0.2) is 10.2 Å². The van der Waals surface area contributed by atoms with Gasteiger partial charge in [0.1, 0.15) is 5.75 Å². The van der Waals surface area contributed by atoms with Gasteiger partial charge in [-0.3, -0.25) is 4.21 Å². The molecule has 7 heteroatoms. The molecule has 1 fully saturated rings. The molecule has 142 valence electrons. The molecule has 4 unspecified atom stereocenters. The summed E-state index contributed by atoms with van der Waals surface area (Å²) in [6.45, 7) is 1.99. The lowest BCUT2D eigenvalue weighted by Gasteiger charge is -2.35. The van der Waals surface area contributed by atoms with Crippen molar-refractivity contribution in [1.29, 1.82) is 0 Å². The number of nitrogens with one attached hydrogen (secondary N) is 1. The van der Waals surface area contributed by atoms with Gasteiger partial charge >= 0.3 is 6.03 Å². The third-order valence-electron chi connectivity index (χ3n) is 4.83. The number of rotatable bonds is 4. The molecular weight excluding hydrogens is 362 g/mol. The van der Waals surface area contributed by atoms with Gasteiger partial charge in [0.25, 0.3) is 0 Å². The van der Waals surface area contributed by atoms with Crippen LogP contribution in [0.2, 0.25) is 0 Å². The molecular formula is C20H23N3O3S. The highest BCUT2D eigenvalue weighted by Gasteiger charge is 2.40. The fraction of sp³-hybridized carbons (Fsp3) is 0.300. The quantitative estimate of drug-likeness (QED) is 0.791. The van der Waals surface area contributed by atoms with Crippen LogP contribution in [0.4, 0.5) is 4.79 Å². The minimum Gasteiger partial charge on any atom is -0.497 e. The van der Waals surface area contributed by atoms with Gasteiger partial charge in [-0.1, -0.05) is 49.4 Å². The monoisotopic (exact) mass is 385 g/mol. The summed E-state index contributed by atoms with van der Waals surface area (Å²) in [6, 6.07) is 16.6. The van der Waals surface area contributed by atoms with Gasteiger partial charge < -0.3 is 10.5 Å². The number of nitrogens with two attached hydrogens (primary N) is 1. The Morgan fingerprint density at radius 1 is 1.15 bits per heavy atom. The predicted octanol–water partition coefficient (Wildman–Crippen LogP) is 3.29. The lowest BCUT2D eigenvalue weighted by Crippen LogP contribution is -2.36. The van der Waals surface area contributed by atoms with E-state index in [0.717, 1.165) is 22.6 Å². The molecule has 0 radical (unpaired) electrons. The second kappa shape index (κ2) is 8.35. The molecule has 0 bridgehead atoms. The molecule has 0 spiro atoms. The molecule has 3 rings (SSSR count). The highest BCUT2D eigenvalue weighted by Crippen LogP contribution is 2.44. The maximum absolute atomic E-state index is 13.5. The lowest BCUT2D eigenvalue weighted by atomic mass is 9.91. The molecule has 1 heterocycles. The number of carbonyl (C=O) groups excluding carboxylic acids is 1. The summed E-state index contributed by atoms with van der Waals surface area (Å²) in [4.78, 5) is 11.1. The van der Waals surface area contributed by atoms with Crippen molar-refractivity contribution >= 4 is 22.5 Å². The van der Waals surface area contributed by atoms with Crippen molar-refractivity contribution in [3.63, 3.8) is 0 Å². The van der Waals surface area contributed by atoms with Crippen LogP contribution < -0.4 is 15.9 Å². The van der Waals surface area contributed by atoms with E-state index >= 15 is 0 Å². The minimum absolute atomic E-state index is 0.0884. The Bertz CT molecular complexity index is 853. The van der Waals surface area contributed by atoms with E-state index in [0.29, 0.717) is 6.42 Å². The van der Waals surface area contributed by atoms with Crippen LogP contribution in [-0.2, 0) is 10.8 Å². The number of benzene rings is 2. The van der Waals surface area contributed by atoms with Crippen LogP contribution >= 0.6 is 0 Å². The van der Waals surface area contributed by atoms with Gasteiger partial charge in [0.2, 0.25) is 0 Å². The molecule has 0 aliphatic carbocycles. The Morgan fingerprint density at radius 3 is 2.41 bits per heavy atom. The molecule has 2 aromatic rings. The van der Waals surface area contributed by atoms with Crippen LogP contribution in [0.1, 0.15) is 35.0 Å². The zero-order chi connectivity index (χ0) is 19.4. The molecule has 0 aromatic heterocycles. The van der Waals surface area contributed by atoms with Crippen molar-refractivity contribution in [3.8, 4) is 5.75 Å². The van der Waals surface area contributed by atoms with Crippen molar-refractivity contribution in [2.75, 3.05) is 7.11 Å². The Kier molecular flexibility index (Phi) is 5.91. The number of urea groups is 1. The van der Waals surface area contributed by atoms with Gasteiger partial charge in [-0.05, 0) is 23.3 Å². The molecule has 4 atom stereocenters. The van der Waals surface area contributed by atoms with E-state index in [9.17, 15) is 9.00 Å². The first kappa shape index (κ1) is 19.1. The van der Waals surface area contributed by atoms with Crippen molar-refractivity contribution in [3.05, 3.63) is 65.7 Å². The Hall–Kier alpha value is -2.67. The number of amides is 2. The van der Waals surface area contributed by atoms with E-state index in [-0.39, 0.29) is 16.4 Å². The molecule has 6 nitrogen and oxygen atoms in total. The van der Waals surface area contributed by atoms with Gasteiger partial charge in [0.05, 0.1) is 17.6 Å². The highest BCUT2D eigenvalue weighted by atomic mass is 32.2. The second-order valence-corrected chi connectivity index (χ2v) is 8.23. The number of primary amides is 1. The summed E-state index contributed by atoms with van der Waals surface area (Å²) in [5, 5.41) is 3.76. The molecule has 2 amide bonds. The smallest absolute Gasteiger partial charge is 0.332 e. The summed E-state index contributed by atoms with van der Waals surface area (Å²) < 4.78 is 18.7. The normalized spacial score (nSPS) is 26.5. The van der Waals surface area contributed by atoms with Crippen LogP contribution in [0, 0.1) is 5.92 Å². The number of hydrazone groups is 1. The van der Waals surface area contributed by atoms with Crippen LogP contribution in [-0.4, -0.2) is 23.1 Å². The van der Waals surface area contributed by atoms with Crippen molar-refractivity contribution in [2.24, 2.45) is 16.8 Å². The van der Waals surface area contributed by atoms with Crippen molar-refractivity contribution in [1.82, 2.24) is 5.43 Å². The number of nitrogens with zero attached hydrogens (tertiary/aromatic N) is 1. The zero-order valence-electron chi connectivity index (χ0n) is 15.3. The number of methoxy groups -OCH3 is 1. The van der Waals surface area contributed by atoms with E-state index in [1.807, 2.05) is 61.5 Å². The average molecular weight is 385 g/mol. The molecule has 3 N–H and O–H groups in total. The number of carbonyl (C=O) groups is 1. The van der Waals surface area contributed by atoms with E-state index in [1.54, 1.807) is 7.11 Å². The summed E-state index contributed by atoms with van der Waals surface area (Å²) in [6.07, 6.45) is 0.490. The standard InChI is InChI=1S/C20H23N3O3S/c1-13-17(22-23-20(21)24)12-18(14-8-10-16(26-2)11-9-14)27(25)19(13)15-6-4-3-5-7-15/h3-11,13,18-19H,12H2,1-2H3,(H3,21,23,24)/b22-17+. The Balaban J connectivity index is 2.00. The number of ether oxygens (including phenoxy) is 1. The Morgan fingerprint density at radius 2 is 1.81 bits per heavy atom. The molecule has 2 aromatic carbocycles. The summed E-state index contributed by atoms with van der Waals surface area (Å²) in [5.41, 5.74) is 10.2. The van der Waals surface area contributed by atoms with E-state index in [2.05, 4.69) is 10.5 Å². The van der Waals surface area contributed by atoms with Crippen LogP contribution in [0.15, 0.2) is 59.7 Å². The van der Waals surface area contributed by atoms with Gasteiger partial charge in [-0.2, -0.15) is 5.10 Å². The van der Waals surface area contributed by atoms with E-state index < -0.39 is 16.8 Å². The molecule has 27 heavy (non-hydrogen) atoms. The fourth-order valence-electron chi connectivity index (χ4n) is 3.42. The largest absolute Gasteiger partial charge is 0.497 e. The van der Waals surface area contributed by atoms with E-state index in [4.69, 9.17) is 10.5 Å². The third-order valence-corrected chi connectivity index (χ3v) is 7.01. The Labute approximate surface area is 161 Å². The van der Waals surface area contributed by atoms with Gasteiger partial charge in [-0.15, -0.1) is 0 Å². The maximum atomic E-state index is 13.5. The average Bonchev–Trinajstić information content (AvgIpc) is 2.68. The van der Waals surface area contributed by atoms with Crippen molar-refractivity contribution < 1.29 is 13.7 Å². The summed E-state index contributed by atoms with van der Waals surface area (Å²) >= 11 is 0. The van der Waals surface area contributed by atoms with Crippen molar-refractivity contribution in [2.45, 2.75) is 23.8 Å². The summed E-state index contributed by atoms with van der Waals surface area (Å²) in [7, 11) is 0.455. The first-order chi connectivity index (χ1) is 13.0. The van der Waals surface area contributed by atoms with E-state index in [1.165, 1.54) is 0 Å². The van der Waals surface area contributed by atoms with Crippen LogP contribution in [0.3, 0.4) is 0 Å². The second-order valence-electron chi connectivity index (χ2n) is 6.49. The van der Waals surface area contributed by atoms with Gasteiger partial charge in [0.15, 0.2) is 0 Å². The first-order valence-electron chi connectivity index (χ1n) is 8.71. The topological polar surface area (TPSA) is 93.8 Å². The van der Waals surface area contributed by atoms with Crippen LogP contribution in [0.5, 0.6) is 5.75 Å². The SMILES string of the molecule is COc1ccc(C2C/C(=N\NC(N)=O)C(C)C(c3ccccc3)S2=O)cc1. The predicted molar refractivity (Wildman–Crippen MR) is 107 cm³/mol.